The largest absolute Gasteiger partial charge is 0.468 e. The number of carbonyl (C=O) groups is 2. The van der Waals surface area contributed by atoms with Gasteiger partial charge in [-0.1, -0.05) is 54.6 Å². The van der Waals surface area contributed by atoms with Crippen LogP contribution in [0.4, 0.5) is 20.7 Å². The van der Waals surface area contributed by atoms with Gasteiger partial charge in [0, 0.05) is 26.1 Å². The van der Waals surface area contributed by atoms with Crippen molar-refractivity contribution < 1.29 is 28.4 Å². The fraction of sp³-hybridized carbons (Fsp3) is 0.400. The molecule has 0 spiro atoms. The van der Waals surface area contributed by atoms with E-state index >= 15 is 0 Å². The molecule has 0 N–H and O–H groups in total. The molecular formula is C30H31ClFN5O6. The third-order valence-electron chi connectivity index (χ3n) is 8.12. The maximum Gasteiger partial charge on any atom is 0.410 e. The highest BCUT2D eigenvalue weighted by Crippen LogP contribution is 2.43. The number of carbonyl (C=O) groups excluding carboxylic acids is 2. The molecule has 0 saturated carbocycles. The van der Waals surface area contributed by atoms with Crippen LogP contribution in [0.1, 0.15) is 35.2 Å². The molecule has 0 bridgehead atoms. The Kier molecular flexibility index (Phi) is 9.05. The molecule has 1 amide bonds. The van der Waals surface area contributed by atoms with Gasteiger partial charge in [-0.2, -0.15) is 4.98 Å². The number of alkyl halides is 1. The topological polar surface area (TPSA) is 128 Å². The van der Waals surface area contributed by atoms with Gasteiger partial charge in [-0.25, -0.2) is 14.2 Å². The van der Waals surface area contributed by atoms with E-state index in [0.29, 0.717) is 12.8 Å². The summed E-state index contributed by atoms with van der Waals surface area (Å²) in [5, 5.41) is 12.3. The number of esters is 1. The van der Waals surface area contributed by atoms with Gasteiger partial charge in [0.25, 0.3) is 0 Å². The average Bonchev–Trinajstić information content (AvgIpc) is 3.03. The van der Waals surface area contributed by atoms with Gasteiger partial charge in [0.15, 0.2) is 0 Å². The van der Waals surface area contributed by atoms with Crippen LogP contribution < -0.4 is 4.90 Å². The van der Waals surface area contributed by atoms with E-state index in [9.17, 15) is 24.1 Å². The molecule has 1 aromatic heterocycles. The number of nitrogens with zero attached hydrogens (tertiary/aromatic N) is 5. The lowest BCUT2D eigenvalue weighted by atomic mass is 9.67. The van der Waals surface area contributed by atoms with Gasteiger partial charge in [-0.05, 0) is 47.6 Å². The molecule has 226 valence electrons. The lowest BCUT2D eigenvalue weighted by Gasteiger charge is -2.40. The van der Waals surface area contributed by atoms with Crippen molar-refractivity contribution in [3.8, 4) is 0 Å². The number of benzene rings is 2. The predicted octanol–water partition coefficient (Wildman–Crippen LogP) is 4.82. The van der Waals surface area contributed by atoms with Crippen LogP contribution in [0.3, 0.4) is 0 Å². The second-order valence-electron chi connectivity index (χ2n) is 10.6. The smallest absolute Gasteiger partial charge is 0.410 e. The zero-order chi connectivity index (χ0) is 30.6. The zero-order valence-electron chi connectivity index (χ0n) is 23.6. The number of ether oxygens (including phenoxy) is 2. The Morgan fingerprint density at radius 3 is 2.60 bits per heavy atom. The average molecular weight is 612 g/mol. The number of piperazine rings is 1. The molecule has 43 heavy (non-hydrogen) atoms. The van der Waals surface area contributed by atoms with Crippen LogP contribution in [0.25, 0.3) is 0 Å². The summed E-state index contributed by atoms with van der Waals surface area (Å²) in [7, 11) is 1.29. The first-order valence-corrected chi connectivity index (χ1v) is 14.3. The minimum absolute atomic E-state index is 0.0244. The van der Waals surface area contributed by atoms with E-state index in [1.54, 1.807) is 0 Å². The zero-order valence-corrected chi connectivity index (χ0v) is 24.3. The molecule has 5 rings (SSSR count). The van der Waals surface area contributed by atoms with E-state index in [1.807, 2.05) is 54.6 Å². The fourth-order valence-electron chi connectivity index (χ4n) is 6.08. The Bertz CT molecular complexity index is 1510. The second kappa shape index (κ2) is 12.9. The highest BCUT2D eigenvalue weighted by Gasteiger charge is 2.47. The highest BCUT2D eigenvalue weighted by atomic mass is 35.5. The number of anilines is 1. The van der Waals surface area contributed by atoms with Crippen LogP contribution in [0, 0.1) is 10.1 Å². The number of hydrogen-bond donors (Lipinski definition) is 0. The van der Waals surface area contributed by atoms with Crippen molar-refractivity contribution in [3.05, 3.63) is 92.4 Å². The van der Waals surface area contributed by atoms with Gasteiger partial charge in [-0.15, -0.1) is 0 Å². The fourth-order valence-corrected chi connectivity index (χ4v) is 6.26. The predicted molar refractivity (Wildman–Crippen MR) is 156 cm³/mol. The van der Waals surface area contributed by atoms with E-state index in [2.05, 4.69) is 9.97 Å². The number of aromatic nitrogens is 2. The van der Waals surface area contributed by atoms with Crippen LogP contribution >= 0.6 is 11.6 Å². The van der Waals surface area contributed by atoms with Crippen molar-refractivity contribution in [2.75, 3.05) is 38.3 Å². The van der Waals surface area contributed by atoms with Crippen LogP contribution in [0.15, 0.2) is 54.6 Å². The van der Waals surface area contributed by atoms with Gasteiger partial charge >= 0.3 is 17.7 Å². The normalized spacial score (nSPS) is 19.8. The standard InChI is InChI=1S/C30H31ClFN5O6/c1-42-27(38)30(13-7-11-21-10-5-6-12-23(21)30)16-24-25(37(40)41)26(34-28(31)33-24)35-14-15-36(22(17-32)18-35)29(39)43-19-20-8-3-2-4-9-20/h2-6,8-10,12,22H,7,11,13-19H2,1H3/t22-,30?/m0/s1. The summed E-state index contributed by atoms with van der Waals surface area (Å²) in [5.41, 5.74) is 0.820. The Hall–Kier alpha value is -4.32. The summed E-state index contributed by atoms with van der Waals surface area (Å²) < 4.78 is 24.9. The molecule has 2 aliphatic rings. The molecule has 1 unspecified atom stereocenters. The first kappa shape index (κ1) is 30.1. The number of nitro groups is 1. The lowest BCUT2D eigenvalue weighted by Crippen LogP contribution is -2.56. The summed E-state index contributed by atoms with van der Waals surface area (Å²) >= 11 is 6.33. The Morgan fingerprint density at radius 2 is 1.88 bits per heavy atom. The molecule has 11 nitrogen and oxygen atoms in total. The number of fused-ring (bicyclic) bond motifs is 1. The summed E-state index contributed by atoms with van der Waals surface area (Å²) in [6, 6.07) is 15.6. The maximum absolute atomic E-state index is 14.3. The minimum Gasteiger partial charge on any atom is -0.468 e. The van der Waals surface area contributed by atoms with E-state index in [1.165, 1.54) is 16.9 Å². The Labute approximate surface area is 252 Å². The van der Waals surface area contributed by atoms with E-state index in [0.717, 1.165) is 23.1 Å². The van der Waals surface area contributed by atoms with Crippen LogP contribution in [-0.2, 0) is 39.1 Å². The molecule has 1 fully saturated rings. The lowest BCUT2D eigenvalue weighted by molar-refractivity contribution is -0.385. The molecule has 13 heteroatoms. The molecule has 3 aromatic rings. The van der Waals surface area contributed by atoms with Gasteiger partial charge < -0.3 is 14.4 Å². The molecule has 1 saturated heterocycles. The van der Waals surface area contributed by atoms with Gasteiger partial charge in [-0.3, -0.25) is 19.8 Å². The van der Waals surface area contributed by atoms with Crippen molar-refractivity contribution >= 4 is 35.2 Å². The molecule has 1 aliphatic carbocycles. The first-order chi connectivity index (χ1) is 20.8. The van der Waals surface area contributed by atoms with Crippen molar-refractivity contribution in [2.45, 2.75) is 43.7 Å². The number of halogens is 2. The van der Waals surface area contributed by atoms with E-state index in [4.69, 9.17) is 21.1 Å². The van der Waals surface area contributed by atoms with E-state index in [-0.39, 0.29) is 49.5 Å². The van der Waals surface area contributed by atoms with Crippen molar-refractivity contribution in [3.63, 3.8) is 0 Å². The molecule has 2 heterocycles. The molecular weight excluding hydrogens is 581 g/mol. The van der Waals surface area contributed by atoms with Gasteiger partial charge in [0.05, 0.1) is 23.5 Å². The number of hydrogen-bond acceptors (Lipinski definition) is 9. The number of rotatable bonds is 8. The summed E-state index contributed by atoms with van der Waals surface area (Å²) in [4.78, 5) is 49.4. The third-order valence-corrected chi connectivity index (χ3v) is 8.29. The van der Waals surface area contributed by atoms with E-state index < -0.39 is 40.8 Å². The monoisotopic (exact) mass is 611 g/mol. The van der Waals surface area contributed by atoms with Crippen LogP contribution in [-0.4, -0.2) is 71.3 Å². The quantitative estimate of drug-likeness (QED) is 0.152. The van der Waals surface area contributed by atoms with Gasteiger partial charge in [0.2, 0.25) is 11.1 Å². The minimum atomic E-state index is -1.22. The molecule has 0 radical (unpaired) electrons. The van der Waals surface area contributed by atoms with Crippen molar-refractivity contribution in [2.24, 2.45) is 0 Å². The van der Waals surface area contributed by atoms with Gasteiger partial charge in [0.1, 0.15) is 19.0 Å². The molecule has 2 aromatic carbocycles. The Morgan fingerprint density at radius 1 is 1.14 bits per heavy atom. The number of methoxy groups -OCH3 is 1. The Balaban J connectivity index is 1.44. The third kappa shape index (κ3) is 6.10. The number of amides is 1. The number of aryl methyl sites for hydroxylation is 1. The second-order valence-corrected chi connectivity index (χ2v) is 11.0. The SMILES string of the molecule is COC(=O)C1(Cc2nc(Cl)nc(N3CCN(C(=O)OCc4ccccc4)[C@@H](CF)C3)c2[N+](=O)[O-])CCCc2ccccc21. The molecule has 1 aliphatic heterocycles. The highest BCUT2D eigenvalue weighted by molar-refractivity contribution is 6.28. The maximum atomic E-state index is 14.3. The summed E-state index contributed by atoms with van der Waals surface area (Å²) in [5.74, 6) is -0.620. The van der Waals surface area contributed by atoms with Crippen molar-refractivity contribution in [1.29, 1.82) is 0 Å². The molecule has 2 atom stereocenters. The summed E-state index contributed by atoms with van der Waals surface area (Å²) in [6.07, 6.45) is 1.01. The summed E-state index contributed by atoms with van der Waals surface area (Å²) in [6.45, 7) is -0.820. The van der Waals surface area contributed by atoms with Crippen molar-refractivity contribution in [1.82, 2.24) is 14.9 Å². The van der Waals surface area contributed by atoms with Crippen LogP contribution in [0.2, 0.25) is 5.28 Å². The first-order valence-electron chi connectivity index (χ1n) is 13.9. The van der Waals surface area contributed by atoms with Crippen LogP contribution in [0.5, 0.6) is 0 Å².